The molecule has 1 aromatic heterocycles. The zero-order chi connectivity index (χ0) is 12.6. The molecule has 2 aromatic rings. The number of aromatic carboxylic acids is 1. The summed E-state index contributed by atoms with van der Waals surface area (Å²) in [6.45, 7) is 3.54. The molecule has 0 atom stereocenters. The molecule has 0 saturated heterocycles. The highest BCUT2D eigenvalue weighted by molar-refractivity contribution is 6.31. The lowest BCUT2D eigenvalue weighted by Gasteiger charge is -2.06. The van der Waals surface area contributed by atoms with Gasteiger partial charge in [0.1, 0.15) is 5.56 Å². The monoisotopic (exact) mass is 250 g/mol. The maximum atomic E-state index is 10.9. The van der Waals surface area contributed by atoms with E-state index in [4.69, 9.17) is 16.7 Å². The summed E-state index contributed by atoms with van der Waals surface area (Å²) >= 11 is 6.02. The molecule has 1 N–H and O–H groups in total. The molecule has 4 nitrogen and oxygen atoms in total. The first-order chi connectivity index (χ1) is 8.00. The summed E-state index contributed by atoms with van der Waals surface area (Å²) in [5.41, 5.74) is 2.34. The zero-order valence-corrected chi connectivity index (χ0v) is 10.2. The van der Waals surface area contributed by atoms with Gasteiger partial charge in [0.15, 0.2) is 0 Å². The van der Waals surface area contributed by atoms with Crippen molar-refractivity contribution in [3.8, 4) is 5.69 Å². The number of hydrogen-bond acceptors (Lipinski definition) is 2. The molecule has 17 heavy (non-hydrogen) atoms. The van der Waals surface area contributed by atoms with E-state index < -0.39 is 5.97 Å². The Morgan fingerprint density at radius 2 is 2.12 bits per heavy atom. The number of carbonyl (C=O) groups is 1. The quantitative estimate of drug-likeness (QED) is 0.892. The molecule has 1 aromatic carbocycles. The second-order valence-electron chi connectivity index (χ2n) is 3.76. The molecule has 0 saturated carbocycles. The van der Waals surface area contributed by atoms with Gasteiger partial charge in [0.2, 0.25) is 0 Å². The Labute approximate surface area is 103 Å². The minimum atomic E-state index is -0.978. The van der Waals surface area contributed by atoms with Crippen molar-refractivity contribution in [1.82, 2.24) is 9.78 Å². The highest BCUT2D eigenvalue weighted by Gasteiger charge is 2.13. The molecule has 0 aliphatic carbocycles. The predicted molar refractivity (Wildman–Crippen MR) is 65.0 cm³/mol. The number of aryl methyl sites for hydroxylation is 1. The number of rotatable bonds is 2. The SMILES string of the molecule is Cc1nn(-c2cccc(Cl)c2C)cc1C(=O)O. The summed E-state index contributed by atoms with van der Waals surface area (Å²) in [6.07, 6.45) is 1.50. The Hall–Kier alpha value is -1.81. The van der Waals surface area contributed by atoms with E-state index in [2.05, 4.69) is 5.10 Å². The average Bonchev–Trinajstić information content (AvgIpc) is 2.64. The van der Waals surface area contributed by atoms with Crippen LogP contribution in [0.3, 0.4) is 0 Å². The van der Waals surface area contributed by atoms with E-state index in [0.29, 0.717) is 10.7 Å². The normalized spacial score (nSPS) is 10.5. The van der Waals surface area contributed by atoms with Crippen molar-refractivity contribution in [2.24, 2.45) is 0 Å². The first-order valence-corrected chi connectivity index (χ1v) is 5.43. The van der Waals surface area contributed by atoms with Crippen LogP contribution in [-0.2, 0) is 0 Å². The molecule has 0 amide bonds. The van der Waals surface area contributed by atoms with Crippen molar-refractivity contribution >= 4 is 17.6 Å². The molecule has 0 radical (unpaired) electrons. The van der Waals surface area contributed by atoms with Gasteiger partial charge in [-0.25, -0.2) is 9.48 Å². The summed E-state index contributed by atoms with van der Waals surface area (Å²) in [4.78, 5) is 10.9. The Morgan fingerprint density at radius 3 is 2.71 bits per heavy atom. The van der Waals surface area contributed by atoms with Crippen LogP contribution in [0.15, 0.2) is 24.4 Å². The topological polar surface area (TPSA) is 55.1 Å². The third kappa shape index (κ3) is 2.03. The second kappa shape index (κ2) is 4.22. The number of nitrogens with zero attached hydrogens (tertiary/aromatic N) is 2. The van der Waals surface area contributed by atoms with E-state index in [0.717, 1.165) is 11.3 Å². The van der Waals surface area contributed by atoms with Gasteiger partial charge in [0.05, 0.1) is 11.4 Å². The van der Waals surface area contributed by atoms with Crippen molar-refractivity contribution in [1.29, 1.82) is 0 Å². The van der Waals surface area contributed by atoms with Crippen LogP contribution in [0, 0.1) is 13.8 Å². The third-order valence-electron chi connectivity index (χ3n) is 2.62. The highest BCUT2D eigenvalue weighted by atomic mass is 35.5. The second-order valence-corrected chi connectivity index (χ2v) is 4.17. The molecule has 5 heteroatoms. The summed E-state index contributed by atoms with van der Waals surface area (Å²) in [5, 5.41) is 13.8. The number of carboxylic acids is 1. The lowest BCUT2D eigenvalue weighted by molar-refractivity contribution is 0.0696. The summed E-state index contributed by atoms with van der Waals surface area (Å²) in [7, 11) is 0. The van der Waals surface area contributed by atoms with Crippen LogP contribution >= 0.6 is 11.6 Å². The molecule has 0 aliphatic heterocycles. The largest absolute Gasteiger partial charge is 0.478 e. The molecule has 2 rings (SSSR count). The van der Waals surface area contributed by atoms with E-state index in [-0.39, 0.29) is 5.56 Å². The molecule has 88 valence electrons. The van der Waals surface area contributed by atoms with Crippen LogP contribution in [0.5, 0.6) is 0 Å². The fourth-order valence-electron chi connectivity index (χ4n) is 1.64. The van der Waals surface area contributed by atoms with E-state index in [1.165, 1.54) is 6.20 Å². The van der Waals surface area contributed by atoms with Gasteiger partial charge in [0.25, 0.3) is 0 Å². The Bertz CT molecular complexity index is 590. The lowest BCUT2D eigenvalue weighted by atomic mass is 10.2. The van der Waals surface area contributed by atoms with Gasteiger partial charge in [-0.15, -0.1) is 0 Å². The molecule has 0 spiro atoms. The van der Waals surface area contributed by atoms with E-state index in [9.17, 15) is 4.79 Å². The first-order valence-electron chi connectivity index (χ1n) is 5.05. The lowest BCUT2D eigenvalue weighted by Crippen LogP contribution is -1.98. The van der Waals surface area contributed by atoms with Gasteiger partial charge in [0, 0.05) is 11.2 Å². The van der Waals surface area contributed by atoms with Crippen LogP contribution in [0.2, 0.25) is 5.02 Å². The summed E-state index contributed by atoms with van der Waals surface area (Å²) in [6, 6.07) is 5.44. The molecule has 0 unspecified atom stereocenters. The molecule has 0 fully saturated rings. The summed E-state index contributed by atoms with van der Waals surface area (Å²) in [5.74, 6) is -0.978. The number of hydrogen-bond donors (Lipinski definition) is 1. The van der Waals surface area contributed by atoms with E-state index >= 15 is 0 Å². The Balaban J connectivity index is 2.58. The third-order valence-corrected chi connectivity index (χ3v) is 3.02. The fourth-order valence-corrected chi connectivity index (χ4v) is 1.81. The molecular formula is C12H11ClN2O2. The van der Waals surface area contributed by atoms with Crippen molar-refractivity contribution < 1.29 is 9.90 Å². The zero-order valence-electron chi connectivity index (χ0n) is 9.44. The molecule has 1 heterocycles. The Kier molecular flexibility index (Phi) is 2.90. The van der Waals surface area contributed by atoms with Gasteiger partial charge < -0.3 is 5.11 Å². The van der Waals surface area contributed by atoms with Gasteiger partial charge in [-0.2, -0.15) is 5.10 Å². The smallest absolute Gasteiger partial charge is 0.339 e. The predicted octanol–water partition coefficient (Wildman–Crippen LogP) is 2.84. The number of halogens is 1. The standard InChI is InChI=1S/C12H11ClN2O2/c1-7-10(13)4-3-5-11(7)15-6-9(12(16)17)8(2)14-15/h3-6H,1-2H3,(H,16,17). The van der Waals surface area contributed by atoms with Crippen LogP contribution in [-0.4, -0.2) is 20.9 Å². The average molecular weight is 251 g/mol. The maximum absolute atomic E-state index is 10.9. The Morgan fingerprint density at radius 1 is 1.41 bits per heavy atom. The fraction of sp³-hybridized carbons (Fsp3) is 0.167. The minimum absolute atomic E-state index is 0.198. The number of benzene rings is 1. The highest BCUT2D eigenvalue weighted by Crippen LogP contribution is 2.22. The minimum Gasteiger partial charge on any atom is -0.478 e. The van der Waals surface area contributed by atoms with E-state index in [1.54, 1.807) is 17.7 Å². The maximum Gasteiger partial charge on any atom is 0.339 e. The van der Waals surface area contributed by atoms with E-state index in [1.807, 2.05) is 19.1 Å². The molecule has 0 aliphatic rings. The molecular weight excluding hydrogens is 240 g/mol. The molecule has 0 bridgehead atoms. The van der Waals surface area contributed by atoms with Crippen LogP contribution in [0.4, 0.5) is 0 Å². The van der Waals surface area contributed by atoms with Crippen molar-refractivity contribution in [2.75, 3.05) is 0 Å². The van der Waals surface area contributed by atoms with Crippen molar-refractivity contribution in [3.63, 3.8) is 0 Å². The van der Waals surface area contributed by atoms with Crippen molar-refractivity contribution in [2.45, 2.75) is 13.8 Å². The number of aromatic nitrogens is 2. The van der Waals surface area contributed by atoms with Crippen LogP contribution in [0.25, 0.3) is 5.69 Å². The van der Waals surface area contributed by atoms with Crippen LogP contribution < -0.4 is 0 Å². The van der Waals surface area contributed by atoms with Gasteiger partial charge in [-0.3, -0.25) is 0 Å². The van der Waals surface area contributed by atoms with Crippen LogP contribution in [0.1, 0.15) is 21.6 Å². The van der Waals surface area contributed by atoms with Gasteiger partial charge in [-0.05, 0) is 31.5 Å². The van der Waals surface area contributed by atoms with Crippen molar-refractivity contribution in [3.05, 3.63) is 46.2 Å². The summed E-state index contributed by atoms with van der Waals surface area (Å²) < 4.78 is 1.54. The first kappa shape index (κ1) is 11.7. The van der Waals surface area contributed by atoms with Gasteiger partial charge in [-0.1, -0.05) is 17.7 Å². The van der Waals surface area contributed by atoms with Gasteiger partial charge >= 0.3 is 5.97 Å². The number of carboxylic acid groups (broad SMARTS) is 1.